The molecule has 0 aliphatic heterocycles. The monoisotopic (exact) mass is 627 g/mol. The number of ether oxygens (including phenoxy) is 2. The van der Waals surface area contributed by atoms with E-state index in [4.69, 9.17) is 39.2 Å². The summed E-state index contributed by atoms with van der Waals surface area (Å²) >= 11 is 0. The van der Waals surface area contributed by atoms with Crippen molar-refractivity contribution in [2.75, 3.05) is 33.0 Å². The van der Waals surface area contributed by atoms with E-state index in [0.717, 1.165) is 19.3 Å². The van der Waals surface area contributed by atoms with Crippen molar-refractivity contribution in [1.29, 1.82) is 0 Å². The van der Waals surface area contributed by atoms with Gasteiger partial charge in [0.25, 0.3) is 0 Å². The van der Waals surface area contributed by atoms with Crippen LogP contribution < -0.4 is 0 Å². The highest BCUT2D eigenvalue weighted by Gasteiger charge is 2.28. The van der Waals surface area contributed by atoms with E-state index in [1.165, 1.54) is 18.3 Å². The van der Waals surface area contributed by atoms with Gasteiger partial charge in [-0.05, 0) is 84.3 Å². The van der Waals surface area contributed by atoms with E-state index in [9.17, 15) is 19.2 Å². The lowest BCUT2D eigenvalue weighted by Crippen LogP contribution is -2.27. The van der Waals surface area contributed by atoms with Crippen molar-refractivity contribution in [3.8, 4) is 0 Å². The molecule has 0 amide bonds. The van der Waals surface area contributed by atoms with Gasteiger partial charge in [-0.1, -0.05) is 13.8 Å². The standard InChI is InChI=1S/C16H28O6.C15H21NO6/c1-4-16(2,3)15(19)20-9-10-21-22-11-12-5-7-13(8-6-12)14(17)18;1-4-15(2,3)14(19)20-8-9-21-22-10-12-11(13(17)18)6-5-7-16-12/h12-13H,4-11H2,1-3H3,(H,17,18);5-7H,4,8-10H2,1-3H3,(H,17,18). The van der Waals surface area contributed by atoms with Crippen LogP contribution in [0.25, 0.3) is 0 Å². The Labute approximate surface area is 259 Å². The molecule has 0 atom stereocenters. The zero-order chi connectivity index (χ0) is 33.2. The minimum Gasteiger partial charge on any atom is -0.481 e. The molecule has 0 radical (unpaired) electrons. The van der Waals surface area contributed by atoms with Crippen LogP contribution in [-0.2, 0) is 50.0 Å². The van der Waals surface area contributed by atoms with Crippen LogP contribution in [0.2, 0.25) is 0 Å². The van der Waals surface area contributed by atoms with Crippen molar-refractivity contribution < 1.29 is 58.4 Å². The number of esters is 2. The van der Waals surface area contributed by atoms with Gasteiger partial charge in [0.2, 0.25) is 0 Å². The fourth-order valence-corrected chi connectivity index (χ4v) is 3.70. The molecular formula is C31H49NO12. The van der Waals surface area contributed by atoms with Gasteiger partial charge in [-0.2, -0.15) is 0 Å². The highest BCUT2D eigenvalue weighted by atomic mass is 17.2. The lowest BCUT2D eigenvalue weighted by atomic mass is 9.82. The lowest BCUT2D eigenvalue weighted by Gasteiger charge is -2.25. The first-order valence-electron chi connectivity index (χ1n) is 15.0. The SMILES string of the molecule is CCC(C)(C)C(=O)OCCOOCC1CCC(C(=O)O)CC1.CCC(C)(C)C(=O)OCCOOCc1ncccc1C(=O)O. The highest BCUT2D eigenvalue weighted by Crippen LogP contribution is 2.29. The second-order valence-corrected chi connectivity index (χ2v) is 11.8. The zero-order valence-corrected chi connectivity index (χ0v) is 26.8. The van der Waals surface area contributed by atoms with E-state index >= 15 is 0 Å². The second kappa shape index (κ2) is 20.0. The Morgan fingerprint density at radius 3 is 1.80 bits per heavy atom. The number of carboxylic acids is 2. The molecule has 0 spiro atoms. The van der Waals surface area contributed by atoms with Crippen molar-refractivity contribution in [2.24, 2.45) is 22.7 Å². The Balaban J connectivity index is 0.000000440. The van der Waals surface area contributed by atoms with E-state index in [1.54, 1.807) is 13.8 Å². The molecular weight excluding hydrogens is 578 g/mol. The number of nitrogens with zero attached hydrogens (tertiary/aromatic N) is 1. The van der Waals surface area contributed by atoms with Gasteiger partial charge in [0.15, 0.2) is 0 Å². The first-order valence-corrected chi connectivity index (χ1v) is 15.0. The maximum Gasteiger partial charge on any atom is 0.337 e. The molecule has 0 bridgehead atoms. The Morgan fingerprint density at radius 2 is 1.32 bits per heavy atom. The fraction of sp³-hybridized carbons (Fsp3) is 0.710. The van der Waals surface area contributed by atoms with Crippen LogP contribution in [0.3, 0.4) is 0 Å². The van der Waals surface area contributed by atoms with Crippen LogP contribution in [0, 0.1) is 22.7 Å². The fourth-order valence-electron chi connectivity index (χ4n) is 3.70. The Hall–Kier alpha value is -3.13. The number of pyridine rings is 1. The summed E-state index contributed by atoms with van der Waals surface area (Å²) in [5, 5.41) is 17.9. The van der Waals surface area contributed by atoms with Gasteiger partial charge in [0.1, 0.15) is 33.0 Å². The summed E-state index contributed by atoms with van der Waals surface area (Å²) in [5.74, 6) is -2.17. The number of rotatable bonds is 18. The Bertz CT molecular complexity index is 1030. The number of carboxylic acid groups (broad SMARTS) is 2. The van der Waals surface area contributed by atoms with Gasteiger partial charge in [-0.3, -0.25) is 19.4 Å². The largest absolute Gasteiger partial charge is 0.481 e. The first kappa shape index (κ1) is 38.9. The zero-order valence-electron chi connectivity index (χ0n) is 26.8. The van der Waals surface area contributed by atoms with Crippen LogP contribution in [0.15, 0.2) is 18.3 Å². The van der Waals surface area contributed by atoms with Crippen LogP contribution in [0.5, 0.6) is 0 Å². The molecule has 44 heavy (non-hydrogen) atoms. The predicted octanol–water partition coefficient (Wildman–Crippen LogP) is 5.01. The second-order valence-electron chi connectivity index (χ2n) is 11.8. The number of aromatic nitrogens is 1. The number of aliphatic carboxylic acids is 1. The lowest BCUT2D eigenvalue weighted by molar-refractivity contribution is -0.308. The average Bonchev–Trinajstić information content (AvgIpc) is 3.00. The van der Waals surface area contributed by atoms with E-state index in [1.807, 2.05) is 27.7 Å². The average molecular weight is 628 g/mol. The topological polar surface area (TPSA) is 177 Å². The van der Waals surface area contributed by atoms with Gasteiger partial charge in [0, 0.05) is 6.20 Å². The molecule has 0 unspecified atom stereocenters. The summed E-state index contributed by atoms with van der Waals surface area (Å²) in [7, 11) is 0. The summed E-state index contributed by atoms with van der Waals surface area (Å²) in [5.41, 5.74) is -0.671. The molecule has 2 N–H and O–H groups in total. The van der Waals surface area contributed by atoms with Crippen molar-refractivity contribution in [1.82, 2.24) is 4.98 Å². The molecule has 1 heterocycles. The molecule has 1 saturated carbocycles. The van der Waals surface area contributed by atoms with Gasteiger partial charge in [-0.25, -0.2) is 24.3 Å². The normalized spacial score (nSPS) is 16.8. The third-order valence-corrected chi connectivity index (χ3v) is 7.66. The summed E-state index contributed by atoms with van der Waals surface area (Å²) in [4.78, 5) is 69.0. The van der Waals surface area contributed by atoms with E-state index in [-0.39, 0.29) is 62.1 Å². The van der Waals surface area contributed by atoms with Crippen LogP contribution in [-0.4, -0.2) is 72.1 Å². The number of hydrogen-bond donors (Lipinski definition) is 2. The number of aromatic carboxylic acids is 1. The third kappa shape index (κ3) is 14.6. The third-order valence-electron chi connectivity index (χ3n) is 7.66. The maximum atomic E-state index is 11.7. The number of hydrogen-bond acceptors (Lipinski definition) is 11. The molecule has 13 nitrogen and oxygen atoms in total. The van der Waals surface area contributed by atoms with Crippen LogP contribution in [0.4, 0.5) is 0 Å². The molecule has 0 saturated heterocycles. The molecule has 1 aliphatic carbocycles. The van der Waals surface area contributed by atoms with Crippen molar-refractivity contribution in [3.05, 3.63) is 29.6 Å². The van der Waals surface area contributed by atoms with E-state index in [0.29, 0.717) is 31.8 Å². The van der Waals surface area contributed by atoms with Gasteiger partial charge in [0.05, 0.1) is 34.6 Å². The maximum absolute atomic E-state index is 11.7. The summed E-state index contributed by atoms with van der Waals surface area (Å²) in [6, 6.07) is 2.96. The minimum absolute atomic E-state index is 0.0563. The number of carbonyl (C=O) groups is 4. The van der Waals surface area contributed by atoms with Crippen LogP contribution in [0.1, 0.15) is 96.1 Å². The smallest absolute Gasteiger partial charge is 0.337 e. The molecule has 13 heteroatoms. The Kier molecular flexibility index (Phi) is 17.7. The van der Waals surface area contributed by atoms with Crippen molar-refractivity contribution >= 4 is 23.9 Å². The van der Waals surface area contributed by atoms with E-state index < -0.39 is 22.8 Å². The minimum atomic E-state index is -1.08. The van der Waals surface area contributed by atoms with Crippen LogP contribution >= 0.6 is 0 Å². The molecule has 0 aromatic carbocycles. The summed E-state index contributed by atoms with van der Waals surface area (Å²) in [6.45, 7) is 12.0. The Morgan fingerprint density at radius 1 is 0.795 bits per heavy atom. The summed E-state index contributed by atoms with van der Waals surface area (Å²) < 4.78 is 10.2. The number of carbonyl (C=O) groups excluding carboxylic acids is 2. The van der Waals surface area contributed by atoms with Gasteiger partial charge in [-0.15, -0.1) is 0 Å². The van der Waals surface area contributed by atoms with Gasteiger partial charge >= 0.3 is 23.9 Å². The molecule has 1 aliphatic rings. The molecule has 2 rings (SSSR count). The molecule has 1 aromatic rings. The highest BCUT2D eigenvalue weighted by molar-refractivity contribution is 5.88. The molecule has 1 fully saturated rings. The van der Waals surface area contributed by atoms with E-state index in [2.05, 4.69) is 4.98 Å². The predicted molar refractivity (Wildman–Crippen MR) is 157 cm³/mol. The molecule has 1 aromatic heterocycles. The van der Waals surface area contributed by atoms with Crippen molar-refractivity contribution in [2.45, 2.75) is 86.7 Å². The van der Waals surface area contributed by atoms with Crippen molar-refractivity contribution in [3.63, 3.8) is 0 Å². The first-order chi connectivity index (χ1) is 20.7. The quantitative estimate of drug-likeness (QED) is 0.0961. The van der Waals surface area contributed by atoms with Gasteiger partial charge < -0.3 is 19.7 Å². The molecule has 250 valence electrons. The summed E-state index contributed by atoms with van der Waals surface area (Å²) in [6.07, 6.45) is 5.98.